The number of rotatable bonds is 12. The minimum Gasteiger partial charge on any atom is -0.454 e. The van der Waals surface area contributed by atoms with Crippen LogP contribution in [-0.4, -0.2) is 16.6 Å². The normalized spacial score (nSPS) is 25.4. The molecule has 0 N–H and O–H groups in total. The van der Waals surface area contributed by atoms with E-state index < -0.39 is 16.6 Å². The molecular weight excluding hydrogens is 408 g/mol. The van der Waals surface area contributed by atoms with Crippen molar-refractivity contribution in [2.24, 2.45) is 0 Å². The Morgan fingerprint density at radius 2 is 0.742 bits per heavy atom. The van der Waals surface area contributed by atoms with Crippen LogP contribution in [0.15, 0.2) is 0 Å². The Labute approximate surface area is 197 Å². The average molecular weight is 463 g/mol. The van der Waals surface area contributed by atoms with Crippen molar-refractivity contribution in [1.29, 1.82) is 0 Å². The molecule has 31 heavy (non-hydrogen) atoms. The predicted molar refractivity (Wildman–Crippen MR) is 141 cm³/mol. The number of unbranched alkanes of at least 4 members (excludes halogenated alkanes) is 2. The third-order valence-electron chi connectivity index (χ3n) is 10.4. The van der Waals surface area contributed by atoms with Crippen molar-refractivity contribution < 1.29 is 4.12 Å². The summed E-state index contributed by atoms with van der Waals surface area (Å²) < 4.78 is 8.44. The molecule has 4 rings (SSSR count). The van der Waals surface area contributed by atoms with Gasteiger partial charge in [-0.25, -0.2) is 0 Å². The Hall–Kier alpha value is 0.394. The summed E-state index contributed by atoms with van der Waals surface area (Å²) in [6.07, 6.45) is 30.1. The minimum atomic E-state index is -1.71. The molecule has 0 amide bonds. The third-order valence-corrected chi connectivity index (χ3v) is 23.6. The lowest BCUT2D eigenvalue weighted by atomic mass is 10.3. The number of hydrogen-bond acceptors (Lipinski definition) is 1. The van der Waals surface area contributed by atoms with E-state index >= 15 is 0 Å². The molecule has 0 radical (unpaired) electrons. The van der Waals surface area contributed by atoms with Crippen molar-refractivity contribution >= 4 is 16.6 Å². The van der Waals surface area contributed by atoms with Crippen LogP contribution in [0.3, 0.4) is 0 Å². The molecule has 0 atom stereocenters. The van der Waals surface area contributed by atoms with Crippen LogP contribution < -0.4 is 0 Å². The van der Waals surface area contributed by atoms with E-state index in [2.05, 4.69) is 13.8 Å². The van der Waals surface area contributed by atoms with Crippen LogP contribution in [0.4, 0.5) is 0 Å². The van der Waals surface area contributed by atoms with E-state index in [9.17, 15) is 0 Å². The summed E-state index contributed by atoms with van der Waals surface area (Å²) in [6, 6.07) is 3.08. The molecular formula is C28H54OSi2. The maximum atomic E-state index is 8.44. The monoisotopic (exact) mass is 462 g/mol. The zero-order chi connectivity index (χ0) is 21.6. The Morgan fingerprint density at radius 1 is 0.484 bits per heavy atom. The van der Waals surface area contributed by atoms with Crippen molar-refractivity contribution in [3.8, 4) is 0 Å². The molecule has 0 spiro atoms. The SMILES string of the molecule is CCCC[Si](O[Si](CCCC)(C1CCCC1)C1CCCC1)(C1CCCC1)C1CCCC1. The van der Waals surface area contributed by atoms with E-state index in [0.29, 0.717) is 0 Å². The first-order valence-electron chi connectivity index (χ1n) is 15.0. The Kier molecular flexibility index (Phi) is 9.25. The smallest absolute Gasteiger partial charge is 0.185 e. The molecule has 4 aliphatic rings. The van der Waals surface area contributed by atoms with Crippen LogP contribution in [0.2, 0.25) is 34.3 Å². The fraction of sp³-hybridized carbons (Fsp3) is 1.00. The maximum absolute atomic E-state index is 8.44. The van der Waals surface area contributed by atoms with Crippen molar-refractivity contribution in [1.82, 2.24) is 0 Å². The van der Waals surface area contributed by atoms with Gasteiger partial charge in [0.05, 0.1) is 0 Å². The van der Waals surface area contributed by atoms with Gasteiger partial charge in [0.25, 0.3) is 0 Å². The van der Waals surface area contributed by atoms with Crippen LogP contribution in [0.25, 0.3) is 0 Å². The summed E-state index contributed by atoms with van der Waals surface area (Å²) in [7, 11) is -3.42. The summed E-state index contributed by atoms with van der Waals surface area (Å²) in [5.74, 6) is 0. The second kappa shape index (κ2) is 11.7. The molecule has 4 saturated carbocycles. The van der Waals surface area contributed by atoms with Crippen LogP contribution >= 0.6 is 0 Å². The van der Waals surface area contributed by atoms with Crippen molar-refractivity contribution in [3.05, 3.63) is 0 Å². The van der Waals surface area contributed by atoms with E-state index in [1.807, 2.05) is 0 Å². The largest absolute Gasteiger partial charge is 0.454 e. The number of hydrogen-bond donors (Lipinski definition) is 0. The van der Waals surface area contributed by atoms with E-state index in [-0.39, 0.29) is 0 Å². The van der Waals surface area contributed by atoms with E-state index in [0.717, 1.165) is 22.2 Å². The molecule has 3 heteroatoms. The fourth-order valence-electron chi connectivity index (χ4n) is 8.84. The summed E-state index contributed by atoms with van der Waals surface area (Å²) in [4.78, 5) is 0. The molecule has 0 aromatic heterocycles. The summed E-state index contributed by atoms with van der Waals surface area (Å²) in [5.41, 5.74) is 4.11. The molecule has 4 aliphatic carbocycles. The van der Waals surface area contributed by atoms with Gasteiger partial charge in [-0.3, -0.25) is 0 Å². The van der Waals surface area contributed by atoms with Crippen molar-refractivity contribution in [3.63, 3.8) is 0 Å². The highest BCUT2D eigenvalue weighted by Gasteiger charge is 2.59. The van der Waals surface area contributed by atoms with Gasteiger partial charge in [0.1, 0.15) is 0 Å². The highest BCUT2D eigenvalue weighted by Crippen LogP contribution is 2.60. The highest BCUT2D eigenvalue weighted by atomic mass is 28.4. The second-order valence-electron chi connectivity index (χ2n) is 12.1. The van der Waals surface area contributed by atoms with Gasteiger partial charge in [-0.15, -0.1) is 0 Å². The first-order chi connectivity index (χ1) is 15.2. The lowest BCUT2D eigenvalue weighted by Gasteiger charge is -2.53. The molecule has 180 valence electrons. The van der Waals surface area contributed by atoms with Gasteiger partial charge in [0, 0.05) is 0 Å². The van der Waals surface area contributed by atoms with Crippen molar-refractivity contribution in [2.45, 2.75) is 177 Å². The van der Waals surface area contributed by atoms with E-state index in [4.69, 9.17) is 4.12 Å². The Morgan fingerprint density at radius 3 is 0.968 bits per heavy atom. The van der Waals surface area contributed by atoms with Gasteiger partial charge in [0.2, 0.25) is 0 Å². The Balaban J connectivity index is 1.74. The van der Waals surface area contributed by atoms with Gasteiger partial charge in [0.15, 0.2) is 16.6 Å². The zero-order valence-corrected chi connectivity index (χ0v) is 23.3. The third kappa shape index (κ3) is 5.24. The first kappa shape index (κ1) is 24.5. The maximum Gasteiger partial charge on any atom is 0.185 e. The van der Waals surface area contributed by atoms with Gasteiger partial charge in [-0.2, -0.15) is 0 Å². The predicted octanol–water partition coefficient (Wildman–Crippen LogP) is 10.3. The molecule has 4 fully saturated rings. The molecule has 0 aromatic rings. The molecule has 0 aliphatic heterocycles. The lowest BCUT2D eigenvalue weighted by molar-refractivity contribution is 0.414. The lowest BCUT2D eigenvalue weighted by Crippen LogP contribution is -2.59. The zero-order valence-electron chi connectivity index (χ0n) is 21.3. The van der Waals surface area contributed by atoms with E-state index in [1.165, 1.54) is 77.0 Å². The quantitative estimate of drug-likeness (QED) is 0.262. The van der Waals surface area contributed by atoms with Gasteiger partial charge in [-0.1, -0.05) is 142 Å². The Bertz CT molecular complexity index is 433. The van der Waals surface area contributed by atoms with Gasteiger partial charge >= 0.3 is 0 Å². The summed E-state index contributed by atoms with van der Waals surface area (Å²) in [5, 5.41) is 0. The second-order valence-corrected chi connectivity index (χ2v) is 21.0. The van der Waals surface area contributed by atoms with Gasteiger partial charge < -0.3 is 4.12 Å². The van der Waals surface area contributed by atoms with Gasteiger partial charge in [-0.05, 0) is 34.3 Å². The van der Waals surface area contributed by atoms with Crippen molar-refractivity contribution in [2.75, 3.05) is 0 Å². The summed E-state index contributed by atoms with van der Waals surface area (Å²) >= 11 is 0. The molecule has 0 saturated heterocycles. The van der Waals surface area contributed by atoms with E-state index in [1.54, 1.807) is 63.5 Å². The highest BCUT2D eigenvalue weighted by molar-refractivity contribution is 6.90. The van der Waals surface area contributed by atoms with Crippen LogP contribution in [0.5, 0.6) is 0 Å². The topological polar surface area (TPSA) is 9.23 Å². The molecule has 0 bridgehead atoms. The molecule has 0 unspecified atom stereocenters. The minimum absolute atomic E-state index is 1.03. The summed E-state index contributed by atoms with van der Waals surface area (Å²) in [6.45, 7) is 4.89. The fourth-order valence-corrected chi connectivity index (χ4v) is 25.5. The molecule has 0 aromatic carbocycles. The standard InChI is InChI=1S/C28H54OSi2/c1-3-5-23-30(25-15-7-8-16-25,26-17-9-10-18-26)29-31(24-6-4-2,27-19-11-12-20-27)28-21-13-14-22-28/h25-28H,3-24H2,1-2H3. The molecule has 0 heterocycles. The molecule has 1 nitrogen and oxygen atoms in total. The first-order valence-corrected chi connectivity index (χ1v) is 19.5. The average Bonchev–Trinajstić information content (AvgIpc) is 3.62. The van der Waals surface area contributed by atoms with Crippen LogP contribution in [0, 0.1) is 0 Å². The van der Waals surface area contributed by atoms with Crippen LogP contribution in [0.1, 0.15) is 142 Å². The van der Waals surface area contributed by atoms with Crippen LogP contribution in [-0.2, 0) is 4.12 Å².